The van der Waals surface area contributed by atoms with Crippen LogP contribution < -0.4 is 5.32 Å². The lowest BCUT2D eigenvalue weighted by Gasteiger charge is -2.16. The molecule has 0 radical (unpaired) electrons. The van der Waals surface area contributed by atoms with Gasteiger partial charge in [-0.3, -0.25) is 5.32 Å². The van der Waals surface area contributed by atoms with Gasteiger partial charge < -0.3 is 9.30 Å². The number of hydrogen-bond donors (Lipinski definition) is 1. The number of aromatic nitrogens is 1. The third-order valence-electron chi connectivity index (χ3n) is 4.25. The summed E-state index contributed by atoms with van der Waals surface area (Å²) >= 11 is 15.5. The van der Waals surface area contributed by atoms with Crippen LogP contribution in [-0.4, -0.2) is 10.7 Å². The van der Waals surface area contributed by atoms with Gasteiger partial charge in [-0.15, -0.1) is 0 Å². The molecule has 1 aromatic heterocycles. The van der Waals surface area contributed by atoms with Gasteiger partial charge in [-0.1, -0.05) is 69.5 Å². The maximum Gasteiger partial charge on any atom is 0.413 e. The van der Waals surface area contributed by atoms with Crippen LogP contribution >= 0.6 is 39.1 Å². The minimum atomic E-state index is -0.747. The van der Waals surface area contributed by atoms with E-state index >= 15 is 0 Å². The second-order valence-corrected chi connectivity index (χ2v) is 7.77. The van der Waals surface area contributed by atoms with Crippen LogP contribution in [0.25, 0.3) is 11.1 Å². The molecular weight excluding hydrogens is 470 g/mol. The molecule has 1 N–H and O–H groups in total. The van der Waals surface area contributed by atoms with Crippen LogP contribution in [0.15, 0.2) is 53.0 Å². The Balaban J connectivity index is 1.88. The topological polar surface area (TPSA) is 43.3 Å². The zero-order valence-electron chi connectivity index (χ0n) is 15.0. The predicted octanol–water partition coefficient (Wildman–Crippen LogP) is 7.21. The lowest BCUT2D eigenvalue weighted by atomic mass is 10.1. The van der Waals surface area contributed by atoms with E-state index in [1.54, 1.807) is 62.5 Å². The van der Waals surface area contributed by atoms with E-state index in [1.807, 2.05) is 0 Å². The fourth-order valence-electron chi connectivity index (χ4n) is 2.80. The van der Waals surface area contributed by atoms with Gasteiger partial charge in [-0.05, 0) is 30.7 Å². The van der Waals surface area contributed by atoms with Crippen molar-refractivity contribution < 1.29 is 13.9 Å². The monoisotopic (exact) mass is 484 g/mol. The number of carbonyl (C=O) groups excluding carboxylic acids is 1. The van der Waals surface area contributed by atoms with Gasteiger partial charge in [0.05, 0.1) is 5.56 Å². The van der Waals surface area contributed by atoms with E-state index in [2.05, 4.69) is 21.2 Å². The van der Waals surface area contributed by atoms with Crippen molar-refractivity contribution in [1.82, 2.24) is 4.57 Å². The zero-order valence-corrected chi connectivity index (χ0v) is 18.1. The van der Waals surface area contributed by atoms with Crippen molar-refractivity contribution in [1.29, 1.82) is 0 Å². The molecule has 1 amide bonds. The highest BCUT2D eigenvalue weighted by molar-refractivity contribution is 9.10. The Morgan fingerprint density at radius 2 is 1.82 bits per heavy atom. The number of hydrogen-bond acceptors (Lipinski definition) is 2. The molecule has 0 aliphatic carbocycles. The summed E-state index contributed by atoms with van der Waals surface area (Å²) in [7, 11) is 1.56. The molecule has 0 aliphatic rings. The smallest absolute Gasteiger partial charge is 0.413 e. The van der Waals surface area contributed by atoms with Gasteiger partial charge in [0.1, 0.15) is 17.1 Å². The van der Waals surface area contributed by atoms with Crippen LogP contribution in [-0.2, 0) is 11.8 Å². The average Bonchev–Trinajstić information content (AvgIpc) is 2.87. The van der Waals surface area contributed by atoms with Crippen molar-refractivity contribution in [2.75, 3.05) is 5.32 Å². The fourth-order valence-corrected chi connectivity index (χ4v) is 3.53. The van der Waals surface area contributed by atoms with Crippen LogP contribution in [0, 0.1) is 5.82 Å². The van der Waals surface area contributed by atoms with E-state index in [1.165, 1.54) is 4.57 Å². The Kier molecular flexibility index (Phi) is 6.33. The molecule has 4 nitrogen and oxygen atoms in total. The van der Waals surface area contributed by atoms with Gasteiger partial charge >= 0.3 is 6.09 Å². The molecule has 0 bridgehead atoms. The summed E-state index contributed by atoms with van der Waals surface area (Å²) in [5.41, 5.74) is 1.42. The highest BCUT2D eigenvalue weighted by Gasteiger charge is 2.24. The quantitative estimate of drug-likeness (QED) is 0.424. The molecule has 0 saturated carbocycles. The summed E-state index contributed by atoms with van der Waals surface area (Å²) in [5.74, 6) is -0.429. The van der Waals surface area contributed by atoms with Gasteiger partial charge in [-0.25, -0.2) is 9.18 Å². The third kappa shape index (κ3) is 4.19. The van der Waals surface area contributed by atoms with Gasteiger partial charge in [0.2, 0.25) is 0 Å². The predicted molar refractivity (Wildman–Crippen MR) is 113 cm³/mol. The van der Waals surface area contributed by atoms with Crippen molar-refractivity contribution in [2.45, 2.75) is 13.0 Å². The highest BCUT2D eigenvalue weighted by atomic mass is 79.9. The Bertz CT molecular complexity index is 1020. The Labute approximate surface area is 180 Å². The SMILES string of the molecule is C[C@@H](OC(=O)Nc1c(-c2ccc(Br)cc2)c(F)c(Cl)n1C)c1ccccc1Cl. The van der Waals surface area contributed by atoms with E-state index in [0.717, 1.165) is 4.47 Å². The van der Waals surface area contributed by atoms with Crippen molar-refractivity contribution in [3.05, 3.63) is 74.6 Å². The Morgan fingerprint density at radius 1 is 1.18 bits per heavy atom. The number of rotatable bonds is 4. The first-order valence-electron chi connectivity index (χ1n) is 8.31. The van der Waals surface area contributed by atoms with Crippen LogP contribution in [0.1, 0.15) is 18.6 Å². The van der Waals surface area contributed by atoms with E-state index in [4.69, 9.17) is 27.9 Å². The highest BCUT2D eigenvalue weighted by Crippen LogP contribution is 2.38. The molecular formula is C20H16BrCl2FN2O2. The van der Waals surface area contributed by atoms with Gasteiger partial charge in [-0.2, -0.15) is 0 Å². The summed E-state index contributed by atoms with van der Waals surface area (Å²) in [4.78, 5) is 12.5. The Morgan fingerprint density at radius 3 is 2.46 bits per heavy atom. The van der Waals surface area contributed by atoms with Crippen molar-refractivity contribution in [2.24, 2.45) is 7.05 Å². The summed E-state index contributed by atoms with van der Waals surface area (Å²) in [6, 6.07) is 14.1. The number of carbonyl (C=O) groups is 1. The summed E-state index contributed by atoms with van der Waals surface area (Å²) < 4.78 is 22.3. The van der Waals surface area contributed by atoms with Crippen molar-refractivity contribution in [3.8, 4) is 11.1 Å². The lowest BCUT2D eigenvalue weighted by Crippen LogP contribution is -2.18. The maximum atomic E-state index is 14.7. The molecule has 146 valence electrons. The summed E-state index contributed by atoms with van der Waals surface area (Å²) in [6.07, 6.45) is -1.34. The van der Waals surface area contributed by atoms with E-state index < -0.39 is 18.0 Å². The molecule has 2 aromatic carbocycles. The largest absolute Gasteiger partial charge is 0.441 e. The number of nitrogens with one attached hydrogen (secondary N) is 1. The fraction of sp³-hybridized carbons (Fsp3) is 0.150. The standard InChI is InChI=1S/C20H16BrCl2FN2O2/c1-11(14-5-3-4-6-15(14)22)28-20(27)25-19-16(17(24)18(23)26(19)2)12-7-9-13(21)10-8-12/h3-11H,1-2H3,(H,25,27)/t11-/m1/s1. The first kappa shape index (κ1) is 20.7. The van der Waals surface area contributed by atoms with Crippen LogP contribution in [0.3, 0.4) is 0 Å². The zero-order chi connectivity index (χ0) is 20.4. The number of benzene rings is 2. The van der Waals surface area contributed by atoms with Crippen molar-refractivity contribution >= 4 is 51.0 Å². The molecule has 28 heavy (non-hydrogen) atoms. The molecule has 3 rings (SSSR count). The molecule has 3 aromatic rings. The average molecular weight is 486 g/mol. The maximum absolute atomic E-state index is 14.7. The second-order valence-electron chi connectivity index (χ2n) is 6.09. The molecule has 1 atom stereocenters. The summed E-state index contributed by atoms with van der Waals surface area (Å²) in [6.45, 7) is 1.70. The molecule has 0 unspecified atom stereocenters. The minimum absolute atomic E-state index is 0.118. The van der Waals surface area contributed by atoms with E-state index in [0.29, 0.717) is 16.1 Å². The molecule has 0 fully saturated rings. The normalized spacial score (nSPS) is 11.9. The first-order chi connectivity index (χ1) is 13.3. The number of amides is 1. The number of halogens is 4. The van der Waals surface area contributed by atoms with Gasteiger partial charge in [0.25, 0.3) is 0 Å². The lowest BCUT2D eigenvalue weighted by molar-refractivity contribution is 0.121. The first-order valence-corrected chi connectivity index (χ1v) is 9.86. The Hall–Kier alpha value is -2.02. The van der Waals surface area contributed by atoms with Gasteiger partial charge in [0.15, 0.2) is 5.82 Å². The van der Waals surface area contributed by atoms with Gasteiger partial charge in [0, 0.05) is 22.1 Å². The number of nitrogens with zero attached hydrogens (tertiary/aromatic N) is 1. The minimum Gasteiger partial charge on any atom is -0.441 e. The molecule has 8 heteroatoms. The third-order valence-corrected chi connectivity index (χ3v) is 5.54. The van der Waals surface area contributed by atoms with Crippen LogP contribution in [0.2, 0.25) is 10.2 Å². The second kappa shape index (κ2) is 8.55. The molecule has 0 spiro atoms. The van der Waals surface area contributed by atoms with Crippen LogP contribution in [0.5, 0.6) is 0 Å². The van der Waals surface area contributed by atoms with Crippen molar-refractivity contribution in [3.63, 3.8) is 0 Å². The summed E-state index contributed by atoms with van der Waals surface area (Å²) in [5, 5.41) is 2.97. The molecule has 1 heterocycles. The molecule has 0 aliphatic heterocycles. The number of ether oxygens (including phenoxy) is 1. The van der Waals surface area contributed by atoms with E-state index in [9.17, 15) is 9.18 Å². The molecule has 0 saturated heterocycles. The van der Waals surface area contributed by atoms with Crippen LogP contribution in [0.4, 0.5) is 15.0 Å². The van der Waals surface area contributed by atoms with E-state index in [-0.39, 0.29) is 16.5 Å². The number of anilines is 1.